The molecule has 1 saturated heterocycles. The summed E-state index contributed by atoms with van der Waals surface area (Å²) in [4.78, 5) is 20.0. The lowest BCUT2D eigenvalue weighted by molar-refractivity contribution is 0.0749. The van der Waals surface area contributed by atoms with Gasteiger partial charge >= 0.3 is 0 Å². The van der Waals surface area contributed by atoms with E-state index in [0.29, 0.717) is 24.0 Å². The first-order valence-corrected chi connectivity index (χ1v) is 8.08. The molecule has 1 aromatic heterocycles. The Balaban J connectivity index is 1.51. The predicted molar refractivity (Wildman–Crippen MR) is 92.8 cm³/mol. The van der Waals surface area contributed by atoms with Crippen molar-refractivity contribution in [2.75, 3.05) is 31.1 Å². The van der Waals surface area contributed by atoms with Gasteiger partial charge in [0.15, 0.2) is 0 Å². The van der Waals surface area contributed by atoms with Gasteiger partial charge in [0.05, 0.1) is 5.56 Å². The highest BCUT2D eigenvalue weighted by molar-refractivity contribution is 6.06. The van der Waals surface area contributed by atoms with Crippen LogP contribution in [0.5, 0.6) is 0 Å². The molecule has 4 rings (SSSR count). The molecule has 3 aromatic rings. The minimum atomic E-state index is -0.329. The molecule has 1 aliphatic rings. The normalized spacial score (nSPS) is 15.0. The van der Waals surface area contributed by atoms with Gasteiger partial charge in [0.2, 0.25) is 0 Å². The number of para-hydroxylation sites is 1. The van der Waals surface area contributed by atoms with Crippen molar-refractivity contribution in [2.24, 2.45) is 0 Å². The summed E-state index contributed by atoms with van der Waals surface area (Å²) >= 11 is 0. The first-order chi connectivity index (χ1) is 11.7. The minimum Gasteiger partial charge on any atom is -0.368 e. The van der Waals surface area contributed by atoms with Crippen molar-refractivity contribution in [3.05, 3.63) is 66.1 Å². The predicted octanol–water partition coefficient (Wildman–Crippen LogP) is 3.27. The van der Waals surface area contributed by atoms with Crippen LogP contribution in [0, 0.1) is 5.82 Å². The molecule has 1 aliphatic heterocycles. The van der Waals surface area contributed by atoms with Crippen molar-refractivity contribution in [2.45, 2.75) is 0 Å². The van der Waals surface area contributed by atoms with Gasteiger partial charge < -0.3 is 14.8 Å². The zero-order chi connectivity index (χ0) is 16.5. The lowest BCUT2D eigenvalue weighted by Crippen LogP contribution is -2.48. The van der Waals surface area contributed by atoms with E-state index in [4.69, 9.17) is 0 Å². The van der Waals surface area contributed by atoms with E-state index in [1.54, 1.807) is 12.3 Å². The van der Waals surface area contributed by atoms with E-state index >= 15 is 0 Å². The number of hydrogen-bond acceptors (Lipinski definition) is 2. The fourth-order valence-electron chi connectivity index (χ4n) is 3.25. The monoisotopic (exact) mass is 323 g/mol. The van der Waals surface area contributed by atoms with Gasteiger partial charge in [-0.3, -0.25) is 4.79 Å². The number of amides is 1. The lowest BCUT2D eigenvalue weighted by atomic mass is 10.1. The lowest BCUT2D eigenvalue weighted by Gasteiger charge is -2.36. The smallest absolute Gasteiger partial charge is 0.256 e. The van der Waals surface area contributed by atoms with Crippen molar-refractivity contribution in [1.29, 1.82) is 0 Å². The second-order valence-corrected chi connectivity index (χ2v) is 6.01. The molecule has 1 N–H and O–H groups in total. The van der Waals surface area contributed by atoms with Crippen molar-refractivity contribution in [1.82, 2.24) is 9.88 Å². The third-order valence-corrected chi connectivity index (χ3v) is 4.56. The van der Waals surface area contributed by atoms with Crippen LogP contribution in [0.4, 0.5) is 10.1 Å². The third-order valence-electron chi connectivity index (χ3n) is 4.56. The molecule has 24 heavy (non-hydrogen) atoms. The molecular formula is C19H18FN3O. The molecule has 0 saturated carbocycles. The molecule has 0 spiro atoms. The van der Waals surface area contributed by atoms with Crippen LogP contribution >= 0.6 is 0 Å². The number of rotatable bonds is 2. The van der Waals surface area contributed by atoms with Crippen molar-refractivity contribution < 1.29 is 9.18 Å². The van der Waals surface area contributed by atoms with Crippen molar-refractivity contribution in [3.8, 4) is 0 Å². The maximum atomic E-state index is 13.5. The molecule has 2 heterocycles. The van der Waals surface area contributed by atoms with E-state index in [0.717, 1.165) is 18.6 Å². The second-order valence-electron chi connectivity index (χ2n) is 6.01. The summed E-state index contributed by atoms with van der Waals surface area (Å²) in [5.41, 5.74) is 2.50. The Morgan fingerprint density at radius 3 is 2.50 bits per heavy atom. The van der Waals surface area contributed by atoms with E-state index in [-0.39, 0.29) is 11.7 Å². The zero-order valence-electron chi connectivity index (χ0n) is 13.2. The standard InChI is InChI=1S/C19H18FN3O/c20-14-6-7-18-16(12-14)17(13-21-18)19(24)23-10-8-22(9-11-23)15-4-2-1-3-5-15/h1-7,12-13,21H,8-11H2. The SMILES string of the molecule is O=C(c1c[nH]c2ccc(F)cc12)N1CCN(c2ccccc2)CC1. The number of carbonyl (C=O) groups excluding carboxylic acids is 1. The Labute approximate surface area is 139 Å². The molecule has 1 amide bonds. The number of fused-ring (bicyclic) bond motifs is 1. The molecular weight excluding hydrogens is 305 g/mol. The van der Waals surface area contributed by atoms with Gasteiger partial charge in [0, 0.05) is 49.0 Å². The van der Waals surface area contributed by atoms with E-state index in [2.05, 4.69) is 22.0 Å². The average molecular weight is 323 g/mol. The van der Waals surface area contributed by atoms with Gasteiger partial charge in [-0.25, -0.2) is 4.39 Å². The molecule has 122 valence electrons. The number of carbonyl (C=O) groups is 1. The number of halogens is 1. The van der Waals surface area contributed by atoms with Crippen molar-refractivity contribution >= 4 is 22.5 Å². The molecule has 0 unspecified atom stereocenters. The zero-order valence-corrected chi connectivity index (χ0v) is 13.2. The Morgan fingerprint density at radius 1 is 1.00 bits per heavy atom. The molecule has 0 bridgehead atoms. The summed E-state index contributed by atoms with van der Waals surface area (Å²) in [5.74, 6) is -0.371. The Hall–Kier alpha value is -2.82. The number of nitrogens with one attached hydrogen (secondary N) is 1. The van der Waals surface area contributed by atoms with Crippen LogP contribution in [0.2, 0.25) is 0 Å². The van der Waals surface area contributed by atoms with Crippen LogP contribution in [-0.2, 0) is 0 Å². The van der Waals surface area contributed by atoms with E-state index < -0.39 is 0 Å². The number of hydrogen-bond donors (Lipinski definition) is 1. The average Bonchev–Trinajstić information content (AvgIpc) is 3.05. The first kappa shape index (κ1) is 14.8. The number of benzene rings is 2. The van der Waals surface area contributed by atoms with Gasteiger partial charge in [0.1, 0.15) is 5.82 Å². The number of aromatic nitrogens is 1. The molecule has 0 aliphatic carbocycles. The molecule has 2 aromatic carbocycles. The summed E-state index contributed by atoms with van der Waals surface area (Å²) in [7, 11) is 0. The highest BCUT2D eigenvalue weighted by Gasteiger charge is 2.24. The minimum absolute atomic E-state index is 0.0421. The largest absolute Gasteiger partial charge is 0.368 e. The highest BCUT2D eigenvalue weighted by atomic mass is 19.1. The number of piperazine rings is 1. The maximum absolute atomic E-state index is 13.5. The van der Waals surface area contributed by atoms with E-state index in [9.17, 15) is 9.18 Å². The number of anilines is 1. The van der Waals surface area contributed by atoms with Gasteiger partial charge in [-0.15, -0.1) is 0 Å². The second kappa shape index (κ2) is 6.00. The van der Waals surface area contributed by atoms with Crippen LogP contribution < -0.4 is 4.90 Å². The van der Waals surface area contributed by atoms with Crippen LogP contribution in [0.3, 0.4) is 0 Å². The number of nitrogens with zero attached hydrogens (tertiary/aromatic N) is 2. The molecule has 0 radical (unpaired) electrons. The third kappa shape index (κ3) is 2.62. The Morgan fingerprint density at radius 2 is 1.75 bits per heavy atom. The molecule has 4 nitrogen and oxygen atoms in total. The van der Waals surface area contributed by atoms with Gasteiger partial charge in [-0.05, 0) is 30.3 Å². The van der Waals surface area contributed by atoms with Crippen LogP contribution in [0.1, 0.15) is 10.4 Å². The first-order valence-electron chi connectivity index (χ1n) is 8.08. The van der Waals surface area contributed by atoms with E-state index in [1.807, 2.05) is 23.1 Å². The summed E-state index contributed by atoms with van der Waals surface area (Å²) in [6.45, 7) is 2.92. The fourth-order valence-corrected chi connectivity index (χ4v) is 3.25. The quantitative estimate of drug-likeness (QED) is 0.786. The summed E-state index contributed by atoms with van der Waals surface area (Å²) in [6.07, 6.45) is 1.68. The topological polar surface area (TPSA) is 39.3 Å². The van der Waals surface area contributed by atoms with Crippen molar-refractivity contribution in [3.63, 3.8) is 0 Å². The van der Waals surface area contributed by atoms with Crippen LogP contribution in [0.25, 0.3) is 10.9 Å². The Bertz CT molecular complexity index is 867. The maximum Gasteiger partial charge on any atom is 0.256 e. The number of H-pyrrole nitrogens is 1. The van der Waals surface area contributed by atoms with Gasteiger partial charge in [0.25, 0.3) is 5.91 Å². The van der Waals surface area contributed by atoms with Gasteiger partial charge in [-0.2, -0.15) is 0 Å². The Kier molecular flexibility index (Phi) is 3.69. The molecule has 1 fully saturated rings. The summed E-state index contributed by atoms with van der Waals surface area (Å²) in [6, 6.07) is 14.7. The fraction of sp³-hybridized carbons (Fsp3) is 0.211. The molecule has 0 atom stereocenters. The van der Waals surface area contributed by atoms with Gasteiger partial charge in [-0.1, -0.05) is 18.2 Å². The summed E-state index contributed by atoms with van der Waals surface area (Å²) < 4.78 is 13.5. The highest BCUT2D eigenvalue weighted by Crippen LogP contribution is 2.22. The van der Waals surface area contributed by atoms with Crippen LogP contribution in [-0.4, -0.2) is 42.0 Å². The summed E-state index contributed by atoms with van der Waals surface area (Å²) in [5, 5.41) is 0.644. The van der Waals surface area contributed by atoms with Crippen LogP contribution in [0.15, 0.2) is 54.7 Å². The molecule has 5 heteroatoms. The van der Waals surface area contributed by atoms with E-state index in [1.165, 1.54) is 17.8 Å². The number of aromatic amines is 1.